The van der Waals surface area contributed by atoms with Crippen LogP contribution in [0.2, 0.25) is 0 Å². The Bertz CT molecular complexity index is 312. The van der Waals surface area contributed by atoms with Gasteiger partial charge in [0.2, 0.25) is 5.91 Å². The lowest BCUT2D eigenvalue weighted by Crippen LogP contribution is -2.47. The van der Waals surface area contributed by atoms with Gasteiger partial charge in [-0.1, -0.05) is 13.8 Å². The fourth-order valence-electron chi connectivity index (χ4n) is 3.24. The lowest BCUT2D eigenvalue weighted by atomic mass is 9.94. The molecule has 20 heavy (non-hydrogen) atoms. The minimum absolute atomic E-state index is 0.115. The van der Waals surface area contributed by atoms with Crippen LogP contribution in [0.3, 0.4) is 0 Å². The number of nitrogens with two attached hydrogens (primary N) is 1. The van der Waals surface area contributed by atoms with Gasteiger partial charge in [-0.3, -0.25) is 4.79 Å². The fraction of sp³-hybridized carbons (Fsp3) is 0.933. The van der Waals surface area contributed by atoms with E-state index in [-0.39, 0.29) is 17.9 Å². The molecule has 5 heteroatoms. The highest BCUT2D eigenvalue weighted by molar-refractivity contribution is 5.80. The molecule has 0 spiro atoms. The van der Waals surface area contributed by atoms with Gasteiger partial charge in [0, 0.05) is 25.7 Å². The van der Waals surface area contributed by atoms with Gasteiger partial charge in [-0.15, -0.1) is 0 Å². The molecule has 0 aromatic rings. The van der Waals surface area contributed by atoms with E-state index < -0.39 is 0 Å². The van der Waals surface area contributed by atoms with Crippen LogP contribution in [-0.4, -0.2) is 67.7 Å². The van der Waals surface area contributed by atoms with Gasteiger partial charge >= 0.3 is 0 Å². The van der Waals surface area contributed by atoms with E-state index in [0.717, 1.165) is 44.9 Å². The largest absolute Gasteiger partial charge is 0.379 e. The van der Waals surface area contributed by atoms with Crippen molar-refractivity contribution in [2.75, 3.05) is 45.9 Å². The molecule has 5 nitrogen and oxygen atoms in total. The highest BCUT2D eigenvalue weighted by Gasteiger charge is 2.35. The van der Waals surface area contributed by atoms with E-state index in [2.05, 4.69) is 18.7 Å². The Labute approximate surface area is 122 Å². The van der Waals surface area contributed by atoms with E-state index in [1.54, 1.807) is 0 Å². The first-order chi connectivity index (χ1) is 9.65. The van der Waals surface area contributed by atoms with Crippen molar-refractivity contribution in [2.45, 2.75) is 32.7 Å². The Balaban J connectivity index is 1.77. The summed E-state index contributed by atoms with van der Waals surface area (Å²) < 4.78 is 5.30. The molecule has 2 aliphatic rings. The summed E-state index contributed by atoms with van der Waals surface area (Å²) in [6.45, 7) is 10.6. The number of ether oxygens (including phenoxy) is 1. The number of piperidine rings is 1. The molecule has 2 heterocycles. The van der Waals surface area contributed by atoms with Crippen LogP contribution >= 0.6 is 0 Å². The first kappa shape index (κ1) is 15.7. The third kappa shape index (κ3) is 3.71. The van der Waals surface area contributed by atoms with Crippen molar-refractivity contribution in [3.05, 3.63) is 0 Å². The van der Waals surface area contributed by atoms with Gasteiger partial charge in [-0.2, -0.15) is 0 Å². The molecule has 116 valence electrons. The summed E-state index contributed by atoms with van der Waals surface area (Å²) in [5.41, 5.74) is 5.94. The third-order valence-electron chi connectivity index (χ3n) is 4.78. The maximum atomic E-state index is 12.4. The van der Waals surface area contributed by atoms with Crippen LogP contribution in [-0.2, 0) is 9.53 Å². The molecule has 1 amide bonds. The predicted molar refractivity (Wildman–Crippen MR) is 79.4 cm³/mol. The highest BCUT2D eigenvalue weighted by Crippen LogP contribution is 2.22. The number of amides is 1. The van der Waals surface area contributed by atoms with E-state index in [1.807, 2.05) is 4.90 Å². The monoisotopic (exact) mass is 283 g/mol. The molecular weight excluding hydrogens is 254 g/mol. The minimum atomic E-state index is -0.116. The predicted octanol–water partition coefficient (Wildman–Crippen LogP) is 0.541. The zero-order valence-corrected chi connectivity index (χ0v) is 12.9. The molecule has 0 saturated carbocycles. The molecule has 2 N–H and O–H groups in total. The van der Waals surface area contributed by atoms with E-state index in [0.29, 0.717) is 13.2 Å². The molecule has 0 aromatic heterocycles. The van der Waals surface area contributed by atoms with E-state index in [9.17, 15) is 4.79 Å². The Morgan fingerprint density at radius 3 is 2.40 bits per heavy atom. The number of carbonyl (C=O) groups is 1. The second-order valence-corrected chi connectivity index (χ2v) is 6.06. The SMILES string of the molecule is CCN(CC)CC1CCN(C(=O)C2COCC2N)CC1. The molecule has 0 aromatic carbocycles. The third-order valence-corrected chi connectivity index (χ3v) is 4.78. The second-order valence-electron chi connectivity index (χ2n) is 6.06. The van der Waals surface area contributed by atoms with E-state index in [1.165, 1.54) is 6.54 Å². The summed E-state index contributed by atoms with van der Waals surface area (Å²) >= 11 is 0. The number of hydrogen-bond acceptors (Lipinski definition) is 4. The van der Waals surface area contributed by atoms with Crippen LogP contribution in [0.1, 0.15) is 26.7 Å². The maximum Gasteiger partial charge on any atom is 0.229 e. The van der Waals surface area contributed by atoms with Gasteiger partial charge < -0.3 is 20.3 Å². The van der Waals surface area contributed by atoms with Crippen LogP contribution in [0.25, 0.3) is 0 Å². The Hall–Kier alpha value is -0.650. The molecule has 2 rings (SSSR count). The first-order valence-electron chi connectivity index (χ1n) is 8.00. The minimum Gasteiger partial charge on any atom is -0.379 e. The van der Waals surface area contributed by atoms with Crippen LogP contribution in [0.15, 0.2) is 0 Å². The van der Waals surface area contributed by atoms with Gasteiger partial charge in [-0.05, 0) is 31.8 Å². The molecular formula is C15H29N3O2. The smallest absolute Gasteiger partial charge is 0.229 e. The Kier molecular flexibility index (Phi) is 5.81. The summed E-state index contributed by atoms with van der Waals surface area (Å²) in [5, 5.41) is 0. The second kappa shape index (κ2) is 7.38. The quantitative estimate of drug-likeness (QED) is 0.800. The molecule has 2 saturated heterocycles. The molecule has 0 bridgehead atoms. The zero-order chi connectivity index (χ0) is 14.5. The van der Waals surface area contributed by atoms with Gasteiger partial charge in [0.15, 0.2) is 0 Å². The number of carbonyl (C=O) groups excluding carboxylic acids is 1. The van der Waals surface area contributed by atoms with Gasteiger partial charge in [0.05, 0.1) is 19.1 Å². The van der Waals surface area contributed by atoms with Crippen molar-refractivity contribution in [1.29, 1.82) is 0 Å². The van der Waals surface area contributed by atoms with Crippen molar-refractivity contribution < 1.29 is 9.53 Å². The van der Waals surface area contributed by atoms with E-state index in [4.69, 9.17) is 10.5 Å². The molecule has 2 atom stereocenters. The van der Waals surface area contributed by atoms with Crippen molar-refractivity contribution >= 4 is 5.91 Å². The van der Waals surface area contributed by atoms with Crippen LogP contribution in [0.5, 0.6) is 0 Å². The van der Waals surface area contributed by atoms with Crippen LogP contribution in [0, 0.1) is 11.8 Å². The molecule has 2 fully saturated rings. The van der Waals surface area contributed by atoms with Gasteiger partial charge in [0.25, 0.3) is 0 Å². The molecule has 0 radical (unpaired) electrons. The van der Waals surface area contributed by atoms with Gasteiger partial charge in [0.1, 0.15) is 0 Å². The average molecular weight is 283 g/mol. The lowest BCUT2D eigenvalue weighted by molar-refractivity contribution is -0.137. The number of rotatable bonds is 5. The van der Waals surface area contributed by atoms with Gasteiger partial charge in [-0.25, -0.2) is 0 Å². The van der Waals surface area contributed by atoms with E-state index >= 15 is 0 Å². The Morgan fingerprint density at radius 2 is 1.90 bits per heavy atom. The zero-order valence-electron chi connectivity index (χ0n) is 12.9. The molecule has 0 aliphatic carbocycles. The van der Waals surface area contributed by atoms with Crippen molar-refractivity contribution in [3.8, 4) is 0 Å². The van der Waals surface area contributed by atoms with Crippen LogP contribution < -0.4 is 5.73 Å². The van der Waals surface area contributed by atoms with Crippen LogP contribution in [0.4, 0.5) is 0 Å². The number of nitrogens with zero attached hydrogens (tertiary/aromatic N) is 2. The maximum absolute atomic E-state index is 12.4. The topological polar surface area (TPSA) is 58.8 Å². The van der Waals surface area contributed by atoms with Crippen molar-refractivity contribution in [2.24, 2.45) is 17.6 Å². The fourth-order valence-corrected chi connectivity index (χ4v) is 3.24. The van der Waals surface area contributed by atoms with Crippen molar-refractivity contribution in [3.63, 3.8) is 0 Å². The summed E-state index contributed by atoms with van der Waals surface area (Å²) in [5.74, 6) is 0.818. The highest BCUT2D eigenvalue weighted by atomic mass is 16.5. The lowest BCUT2D eigenvalue weighted by Gasteiger charge is -2.35. The Morgan fingerprint density at radius 1 is 1.25 bits per heavy atom. The first-order valence-corrected chi connectivity index (χ1v) is 8.00. The summed E-state index contributed by atoms with van der Waals surface area (Å²) in [7, 11) is 0. The summed E-state index contributed by atoms with van der Waals surface area (Å²) in [6, 6.07) is -0.115. The summed E-state index contributed by atoms with van der Waals surface area (Å²) in [6.07, 6.45) is 2.23. The normalized spacial score (nSPS) is 28.3. The number of likely N-dealkylation sites (tertiary alicyclic amines) is 1. The standard InChI is InChI=1S/C15H29N3O2/c1-3-17(4-2)9-12-5-7-18(8-6-12)15(19)13-10-20-11-14(13)16/h12-14H,3-11,16H2,1-2H3. The number of hydrogen-bond donors (Lipinski definition) is 1. The summed E-state index contributed by atoms with van der Waals surface area (Å²) in [4.78, 5) is 16.9. The van der Waals surface area contributed by atoms with Crippen molar-refractivity contribution in [1.82, 2.24) is 9.80 Å². The average Bonchev–Trinajstić information content (AvgIpc) is 2.91. The molecule has 2 unspecified atom stereocenters. The molecule has 2 aliphatic heterocycles.